The number of carbonyl (C=O) groups excluding carboxylic acids is 1. The molecule has 1 atom stereocenters. The highest BCUT2D eigenvalue weighted by Gasteiger charge is 2.37. The van der Waals surface area contributed by atoms with Crippen molar-refractivity contribution in [2.75, 3.05) is 18.4 Å². The highest BCUT2D eigenvalue weighted by Crippen LogP contribution is 2.25. The quantitative estimate of drug-likeness (QED) is 0.756. The predicted octanol–water partition coefficient (Wildman–Crippen LogP) is 3.29. The number of morpholine rings is 1. The first kappa shape index (κ1) is 16.4. The largest absolute Gasteiger partial charge is 0.368 e. The molecule has 0 aliphatic carbocycles. The van der Waals surface area contributed by atoms with Gasteiger partial charge in [0.1, 0.15) is 17.2 Å². The number of rotatable bonds is 2. The minimum atomic E-state index is -0.831. The Morgan fingerprint density at radius 1 is 1.48 bits per heavy atom. The number of halogens is 3. The highest BCUT2D eigenvalue weighted by atomic mass is 79.9. The zero-order valence-electron chi connectivity index (χ0n) is 12.3. The first-order valence-electron chi connectivity index (χ1n) is 6.73. The Morgan fingerprint density at radius 2 is 2.14 bits per heavy atom. The summed E-state index contributed by atoms with van der Waals surface area (Å²) in [6, 6.07) is 2.45. The fourth-order valence-corrected chi connectivity index (χ4v) is 2.88. The van der Waals surface area contributed by atoms with E-state index in [4.69, 9.17) is 4.74 Å². The van der Waals surface area contributed by atoms with Gasteiger partial charge in [-0.1, -0.05) is 22.0 Å². The molecule has 1 heterocycles. The average molecular weight is 362 g/mol. The fourth-order valence-electron chi connectivity index (χ4n) is 2.54. The Morgan fingerprint density at radius 3 is 2.76 bits per heavy atom. The number of carbonyl (C=O) groups is 1. The van der Waals surface area contributed by atoms with Gasteiger partial charge in [-0.3, -0.25) is 4.79 Å². The Balaban J connectivity index is 2.34. The molecule has 3 nitrogen and oxygen atoms in total. The van der Waals surface area contributed by atoms with E-state index >= 15 is 0 Å². The van der Waals surface area contributed by atoms with Crippen LogP contribution in [0.2, 0.25) is 0 Å². The van der Waals surface area contributed by atoms with Crippen LogP contribution in [0.3, 0.4) is 0 Å². The van der Waals surface area contributed by atoms with Crippen molar-refractivity contribution in [1.82, 2.24) is 4.90 Å². The summed E-state index contributed by atoms with van der Waals surface area (Å²) in [5.74, 6) is -2.25. The third kappa shape index (κ3) is 3.43. The lowest BCUT2D eigenvalue weighted by atomic mass is 10.0. The monoisotopic (exact) mass is 361 g/mol. The van der Waals surface area contributed by atoms with Crippen LogP contribution in [0.1, 0.15) is 29.8 Å². The van der Waals surface area contributed by atoms with Crippen molar-refractivity contribution in [2.45, 2.75) is 32.5 Å². The van der Waals surface area contributed by atoms with Gasteiger partial charge in [-0.15, -0.1) is 0 Å². The molecule has 1 unspecified atom stereocenters. The first-order chi connectivity index (χ1) is 9.75. The topological polar surface area (TPSA) is 29.5 Å². The Bertz CT molecular complexity index is 563. The standard InChI is InChI=1S/C15H18BrF2NO2/c1-9-4-5-11(17)12(13(9)18)14(20)19-7-10(6-16)21-15(2,3)8-19/h4-5,10H,6-8H2,1-3H3. The normalized spacial score (nSPS) is 21.4. The van der Waals surface area contributed by atoms with E-state index in [1.165, 1.54) is 17.9 Å². The second-order valence-corrected chi connectivity index (χ2v) is 6.54. The third-order valence-corrected chi connectivity index (χ3v) is 4.16. The molecule has 1 amide bonds. The summed E-state index contributed by atoms with van der Waals surface area (Å²) in [4.78, 5) is 14.0. The number of amides is 1. The zero-order chi connectivity index (χ0) is 15.8. The van der Waals surface area contributed by atoms with E-state index in [1.807, 2.05) is 13.8 Å². The number of benzene rings is 1. The highest BCUT2D eigenvalue weighted by molar-refractivity contribution is 9.09. The lowest BCUT2D eigenvalue weighted by Crippen LogP contribution is -2.55. The summed E-state index contributed by atoms with van der Waals surface area (Å²) in [6.45, 7) is 5.81. The maximum absolute atomic E-state index is 14.1. The van der Waals surface area contributed by atoms with E-state index in [0.717, 1.165) is 6.07 Å². The van der Waals surface area contributed by atoms with Gasteiger partial charge in [-0.2, -0.15) is 0 Å². The van der Waals surface area contributed by atoms with E-state index in [1.54, 1.807) is 0 Å². The van der Waals surface area contributed by atoms with Gasteiger partial charge in [0.25, 0.3) is 5.91 Å². The van der Waals surface area contributed by atoms with Crippen LogP contribution in [0.25, 0.3) is 0 Å². The van der Waals surface area contributed by atoms with Gasteiger partial charge < -0.3 is 9.64 Å². The van der Waals surface area contributed by atoms with Crippen molar-refractivity contribution in [1.29, 1.82) is 0 Å². The fraction of sp³-hybridized carbons (Fsp3) is 0.533. The van der Waals surface area contributed by atoms with Crippen LogP contribution in [-0.2, 0) is 4.74 Å². The number of aryl methyl sites for hydroxylation is 1. The number of alkyl halides is 1. The third-order valence-electron chi connectivity index (χ3n) is 3.44. The molecule has 1 saturated heterocycles. The SMILES string of the molecule is Cc1ccc(F)c(C(=O)N2CC(CBr)OC(C)(C)C2)c1F. The van der Waals surface area contributed by atoms with E-state index < -0.39 is 28.7 Å². The molecule has 1 aliphatic rings. The van der Waals surface area contributed by atoms with E-state index in [-0.39, 0.29) is 11.7 Å². The van der Waals surface area contributed by atoms with Gasteiger partial charge in [0.05, 0.1) is 11.7 Å². The summed E-state index contributed by atoms with van der Waals surface area (Å²) in [7, 11) is 0. The smallest absolute Gasteiger partial charge is 0.260 e. The molecule has 1 fully saturated rings. The minimum Gasteiger partial charge on any atom is -0.368 e. The molecule has 0 N–H and O–H groups in total. The maximum atomic E-state index is 14.1. The molecule has 116 valence electrons. The van der Waals surface area contributed by atoms with Crippen molar-refractivity contribution in [2.24, 2.45) is 0 Å². The van der Waals surface area contributed by atoms with Gasteiger partial charge in [0, 0.05) is 18.4 Å². The van der Waals surface area contributed by atoms with Crippen LogP contribution in [0, 0.1) is 18.6 Å². The molecule has 0 bridgehead atoms. The predicted molar refractivity (Wildman–Crippen MR) is 79.7 cm³/mol. The van der Waals surface area contributed by atoms with Crippen molar-refractivity contribution < 1.29 is 18.3 Å². The van der Waals surface area contributed by atoms with E-state index in [9.17, 15) is 13.6 Å². The Hall–Kier alpha value is -1.01. The zero-order valence-corrected chi connectivity index (χ0v) is 13.8. The average Bonchev–Trinajstić information content (AvgIpc) is 2.41. The lowest BCUT2D eigenvalue weighted by molar-refractivity contribution is -0.116. The van der Waals surface area contributed by atoms with Crippen LogP contribution >= 0.6 is 15.9 Å². The molecule has 1 aromatic carbocycles. The summed E-state index contributed by atoms with van der Waals surface area (Å²) in [5.41, 5.74) is -0.784. The van der Waals surface area contributed by atoms with Crippen LogP contribution in [0.5, 0.6) is 0 Å². The molecule has 21 heavy (non-hydrogen) atoms. The summed E-state index contributed by atoms with van der Waals surface area (Å²) >= 11 is 3.32. The van der Waals surface area contributed by atoms with Crippen LogP contribution in [0.4, 0.5) is 8.78 Å². The second kappa shape index (κ2) is 6.01. The molecular weight excluding hydrogens is 344 g/mol. The lowest BCUT2D eigenvalue weighted by Gasteiger charge is -2.42. The van der Waals surface area contributed by atoms with Gasteiger partial charge in [0.2, 0.25) is 0 Å². The maximum Gasteiger partial charge on any atom is 0.260 e. The van der Waals surface area contributed by atoms with Crippen LogP contribution < -0.4 is 0 Å². The van der Waals surface area contributed by atoms with Crippen LogP contribution in [0.15, 0.2) is 12.1 Å². The molecular formula is C15H18BrF2NO2. The summed E-state index contributed by atoms with van der Waals surface area (Å²) < 4.78 is 33.8. The number of hydrogen-bond donors (Lipinski definition) is 0. The van der Waals surface area contributed by atoms with E-state index in [0.29, 0.717) is 18.4 Å². The molecule has 1 aliphatic heterocycles. The molecule has 0 saturated carbocycles. The van der Waals surface area contributed by atoms with Crippen molar-refractivity contribution in [3.05, 3.63) is 34.9 Å². The molecule has 0 spiro atoms. The molecule has 2 rings (SSSR count). The molecule has 1 aromatic rings. The molecule has 6 heteroatoms. The Labute approximate surface area is 131 Å². The summed E-state index contributed by atoms with van der Waals surface area (Å²) in [5, 5.41) is 0.555. The van der Waals surface area contributed by atoms with Gasteiger partial charge >= 0.3 is 0 Å². The van der Waals surface area contributed by atoms with E-state index in [2.05, 4.69) is 15.9 Å². The summed E-state index contributed by atoms with van der Waals surface area (Å²) in [6.07, 6.45) is -0.200. The van der Waals surface area contributed by atoms with Gasteiger partial charge in [-0.05, 0) is 32.4 Å². The number of nitrogens with zero attached hydrogens (tertiary/aromatic N) is 1. The number of hydrogen-bond acceptors (Lipinski definition) is 2. The van der Waals surface area contributed by atoms with Gasteiger partial charge in [-0.25, -0.2) is 8.78 Å². The van der Waals surface area contributed by atoms with Crippen LogP contribution in [-0.4, -0.2) is 40.9 Å². The van der Waals surface area contributed by atoms with Crippen molar-refractivity contribution in [3.8, 4) is 0 Å². The Kier molecular flexibility index (Phi) is 4.68. The van der Waals surface area contributed by atoms with Gasteiger partial charge in [0.15, 0.2) is 0 Å². The first-order valence-corrected chi connectivity index (χ1v) is 7.85. The number of ether oxygens (including phenoxy) is 1. The molecule has 0 aromatic heterocycles. The minimum absolute atomic E-state index is 0.200. The van der Waals surface area contributed by atoms with Crippen molar-refractivity contribution >= 4 is 21.8 Å². The molecule has 0 radical (unpaired) electrons. The second-order valence-electron chi connectivity index (χ2n) is 5.89. The van der Waals surface area contributed by atoms with Crippen molar-refractivity contribution in [3.63, 3.8) is 0 Å².